The van der Waals surface area contributed by atoms with E-state index in [0.717, 1.165) is 5.56 Å². The Bertz CT molecular complexity index is 1180. The lowest BCUT2D eigenvalue weighted by Gasteiger charge is -2.19. The molecule has 1 aromatic heterocycles. The van der Waals surface area contributed by atoms with Crippen LogP contribution in [0.3, 0.4) is 0 Å². The van der Waals surface area contributed by atoms with Gasteiger partial charge in [0.05, 0.1) is 24.3 Å². The number of benzene rings is 2. The Kier molecular flexibility index (Phi) is 8.93. The molecule has 3 aromatic rings. The molecule has 1 atom stereocenters. The van der Waals surface area contributed by atoms with E-state index >= 15 is 0 Å². The van der Waals surface area contributed by atoms with Crippen molar-refractivity contribution in [3.8, 4) is 0 Å². The number of amides is 1. The van der Waals surface area contributed by atoms with E-state index < -0.39 is 41.9 Å². The second-order valence-corrected chi connectivity index (χ2v) is 8.11. The zero-order valence-corrected chi connectivity index (χ0v) is 19.2. The van der Waals surface area contributed by atoms with Crippen molar-refractivity contribution in [1.82, 2.24) is 5.32 Å². The monoisotopic (exact) mass is 524 g/mol. The highest BCUT2D eigenvalue weighted by atomic mass is 19.4. The van der Waals surface area contributed by atoms with Crippen molar-refractivity contribution in [3.05, 3.63) is 112 Å². The molecule has 0 saturated heterocycles. The SMILES string of the molecule is O=C(C=Cc1cc[n+]([O-])cc1)NCC(COCc1cc(C(F)(F)F)cc(C(F)(F)F)c1)c1ccccc1. The van der Waals surface area contributed by atoms with Crippen LogP contribution in [0.4, 0.5) is 26.3 Å². The van der Waals surface area contributed by atoms with Gasteiger partial charge in [0.2, 0.25) is 5.91 Å². The van der Waals surface area contributed by atoms with Crippen LogP contribution in [0.15, 0.2) is 79.1 Å². The van der Waals surface area contributed by atoms with Gasteiger partial charge in [0.25, 0.3) is 0 Å². The minimum absolute atomic E-state index is 0.0627. The Labute approximate surface area is 208 Å². The van der Waals surface area contributed by atoms with Crippen LogP contribution in [0.1, 0.15) is 33.7 Å². The number of halogens is 6. The number of ether oxygens (including phenoxy) is 1. The molecule has 1 N–H and O–H groups in total. The highest BCUT2D eigenvalue weighted by molar-refractivity contribution is 5.91. The molecule has 0 aliphatic rings. The van der Waals surface area contributed by atoms with Gasteiger partial charge in [-0.15, -0.1) is 0 Å². The van der Waals surface area contributed by atoms with Crippen molar-refractivity contribution in [3.63, 3.8) is 0 Å². The summed E-state index contributed by atoms with van der Waals surface area (Å²) in [6, 6.07) is 13.2. The number of pyridine rings is 1. The second-order valence-electron chi connectivity index (χ2n) is 8.11. The molecule has 2 aromatic carbocycles. The fraction of sp³-hybridized carbons (Fsp3) is 0.231. The van der Waals surface area contributed by atoms with Crippen LogP contribution in [-0.2, 0) is 28.5 Å². The first-order valence-corrected chi connectivity index (χ1v) is 11.0. The molecule has 0 radical (unpaired) electrons. The minimum Gasteiger partial charge on any atom is -0.619 e. The summed E-state index contributed by atoms with van der Waals surface area (Å²) in [5.74, 6) is -0.866. The van der Waals surface area contributed by atoms with Gasteiger partial charge in [-0.05, 0) is 41.0 Å². The third-order valence-electron chi connectivity index (χ3n) is 5.28. The average molecular weight is 524 g/mol. The summed E-state index contributed by atoms with van der Waals surface area (Å²) in [5, 5.41) is 13.8. The van der Waals surface area contributed by atoms with Gasteiger partial charge in [-0.3, -0.25) is 4.79 Å². The van der Waals surface area contributed by atoms with Crippen LogP contribution in [0, 0.1) is 5.21 Å². The minimum atomic E-state index is -4.95. The number of rotatable bonds is 9. The first-order chi connectivity index (χ1) is 17.4. The molecule has 37 heavy (non-hydrogen) atoms. The summed E-state index contributed by atoms with van der Waals surface area (Å²) < 4.78 is 84.7. The maximum absolute atomic E-state index is 13.1. The quantitative estimate of drug-likeness (QED) is 0.174. The van der Waals surface area contributed by atoms with Gasteiger partial charge in [0.1, 0.15) is 0 Å². The van der Waals surface area contributed by atoms with Crippen LogP contribution in [0.5, 0.6) is 0 Å². The van der Waals surface area contributed by atoms with Crippen molar-refractivity contribution >= 4 is 12.0 Å². The summed E-state index contributed by atoms with van der Waals surface area (Å²) in [6.07, 6.45) is -4.55. The van der Waals surface area contributed by atoms with E-state index in [4.69, 9.17) is 4.74 Å². The van der Waals surface area contributed by atoms with Gasteiger partial charge in [0.15, 0.2) is 12.4 Å². The number of carbonyl (C=O) groups is 1. The Hall–Kier alpha value is -3.86. The molecule has 3 rings (SSSR count). The molecule has 0 aliphatic heterocycles. The van der Waals surface area contributed by atoms with E-state index in [1.807, 2.05) is 0 Å². The first-order valence-electron chi connectivity index (χ1n) is 11.0. The molecule has 1 heterocycles. The van der Waals surface area contributed by atoms with E-state index in [9.17, 15) is 36.3 Å². The second kappa shape index (κ2) is 11.9. The third-order valence-corrected chi connectivity index (χ3v) is 5.28. The van der Waals surface area contributed by atoms with Crippen molar-refractivity contribution in [1.29, 1.82) is 0 Å². The summed E-state index contributed by atoms with van der Waals surface area (Å²) in [6.45, 7) is -0.468. The normalized spacial score (nSPS) is 13.0. The standard InChI is InChI=1S/C26H22F6N2O3/c27-25(28,29)22-12-19(13-23(14-22)26(30,31)32)16-37-17-21(20-4-2-1-3-5-20)15-33-24(35)7-6-18-8-10-34(36)11-9-18/h1-14,21H,15-17H2,(H,33,35). The molecule has 5 nitrogen and oxygen atoms in total. The molecule has 1 amide bonds. The lowest BCUT2D eigenvalue weighted by molar-refractivity contribution is -0.605. The summed E-state index contributed by atoms with van der Waals surface area (Å²) in [5.41, 5.74) is -1.71. The van der Waals surface area contributed by atoms with Crippen molar-refractivity contribution < 1.29 is 40.6 Å². The Balaban J connectivity index is 1.67. The van der Waals surface area contributed by atoms with Crippen molar-refractivity contribution in [2.24, 2.45) is 0 Å². The van der Waals surface area contributed by atoms with Crippen molar-refractivity contribution in [2.45, 2.75) is 24.9 Å². The van der Waals surface area contributed by atoms with Gasteiger partial charge in [-0.2, -0.15) is 31.1 Å². The predicted molar refractivity (Wildman–Crippen MR) is 123 cm³/mol. The summed E-state index contributed by atoms with van der Waals surface area (Å²) >= 11 is 0. The Morgan fingerprint density at radius 3 is 2.11 bits per heavy atom. The van der Waals surface area contributed by atoms with Crippen molar-refractivity contribution in [2.75, 3.05) is 13.2 Å². The first kappa shape index (κ1) is 27.7. The molecule has 196 valence electrons. The number of aromatic nitrogens is 1. The predicted octanol–water partition coefficient (Wildman–Crippen LogP) is 5.49. The van der Waals surface area contributed by atoms with Gasteiger partial charge in [-0.1, -0.05) is 30.3 Å². The zero-order chi connectivity index (χ0) is 27.1. The van der Waals surface area contributed by atoms with Crippen LogP contribution < -0.4 is 10.0 Å². The number of nitrogens with zero attached hydrogens (tertiary/aromatic N) is 1. The molecule has 0 fully saturated rings. The fourth-order valence-corrected chi connectivity index (χ4v) is 3.41. The van der Waals surface area contributed by atoms with Crippen LogP contribution in [-0.4, -0.2) is 19.1 Å². The van der Waals surface area contributed by atoms with Gasteiger partial charge in [-0.25, -0.2) is 0 Å². The van der Waals surface area contributed by atoms with E-state index in [0.29, 0.717) is 22.4 Å². The number of hydrogen-bond acceptors (Lipinski definition) is 3. The molecule has 11 heteroatoms. The maximum atomic E-state index is 13.1. The van der Waals surface area contributed by atoms with E-state index in [1.165, 1.54) is 36.7 Å². The number of carbonyl (C=O) groups excluding carboxylic acids is 1. The van der Waals surface area contributed by atoms with Crippen LogP contribution in [0.25, 0.3) is 6.08 Å². The third kappa shape index (κ3) is 8.64. The number of alkyl halides is 6. The highest BCUT2D eigenvalue weighted by Crippen LogP contribution is 2.36. The zero-order valence-electron chi connectivity index (χ0n) is 19.2. The Morgan fingerprint density at radius 2 is 1.54 bits per heavy atom. The summed E-state index contributed by atoms with van der Waals surface area (Å²) in [7, 11) is 0. The fourth-order valence-electron chi connectivity index (χ4n) is 3.41. The Morgan fingerprint density at radius 1 is 0.946 bits per heavy atom. The van der Waals surface area contributed by atoms with E-state index in [1.54, 1.807) is 30.3 Å². The topological polar surface area (TPSA) is 65.3 Å². The lowest BCUT2D eigenvalue weighted by atomic mass is 10.00. The van der Waals surface area contributed by atoms with Crippen LogP contribution in [0.2, 0.25) is 0 Å². The molecule has 0 bridgehead atoms. The molecule has 0 saturated carbocycles. The van der Waals surface area contributed by atoms with E-state index in [-0.39, 0.29) is 24.8 Å². The maximum Gasteiger partial charge on any atom is 0.416 e. The largest absolute Gasteiger partial charge is 0.619 e. The lowest BCUT2D eigenvalue weighted by Crippen LogP contribution is -2.29. The van der Waals surface area contributed by atoms with Gasteiger partial charge >= 0.3 is 12.4 Å². The van der Waals surface area contributed by atoms with Gasteiger partial charge in [0, 0.05) is 30.7 Å². The molecule has 0 aliphatic carbocycles. The molecular formula is C26H22F6N2O3. The molecular weight excluding hydrogens is 502 g/mol. The highest BCUT2D eigenvalue weighted by Gasteiger charge is 2.36. The molecule has 0 spiro atoms. The average Bonchev–Trinajstić information content (AvgIpc) is 2.85. The smallest absolute Gasteiger partial charge is 0.416 e. The number of hydrogen-bond donors (Lipinski definition) is 1. The van der Waals surface area contributed by atoms with Gasteiger partial charge < -0.3 is 15.3 Å². The molecule has 1 unspecified atom stereocenters. The van der Waals surface area contributed by atoms with Crippen LogP contribution >= 0.6 is 0 Å². The number of nitrogens with one attached hydrogen (secondary N) is 1. The summed E-state index contributed by atoms with van der Waals surface area (Å²) in [4.78, 5) is 12.3. The van der Waals surface area contributed by atoms with E-state index in [2.05, 4.69) is 5.32 Å².